The molecule has 3 heterocycles. The number of hydrogen-bond acceptors (Lipinski definition) is 5. The molecule has 7 heteroatoms. The van der Waals surface area contributed by atoms with Crippen LogP contribution in [0.4, 0.5) is 5.82 Å². The lowest BCUT2D eigenvalue weighted by molar-refractivity contribution is 0.456. The van der Waals surface area contributed by atoms with E-state index in [-0.39, 0.29) is 5.69 Å². The van der Waals surface area contributed by atoms with Gasteiger partial charge in [0.1, 0.15) is 11.5 Å². The van der Waals surface area contributed by atoms with Crippen molar-refractivity contribution in [3.05, 3.63) is 53.1 Å². The lowest BCUT2D eigenvalue weighted by Gasteiger charge is -2.27. The summed E-state index contributed by atoms with van der Waals surface area (Å²) in [6.07, 6.45) is 5.30. The van der Waals surface area contributed by atoms with Gasteiger partial charge < -0.3 is 9.80 Å². The van der Waals surface area contributed by atoms with E-state index < -0.39 is 0 Å². The number of H-pyrrole nitrogens is 2. The summed E-state index contributed by atoms with van der Waals surface area (Å²) in [7, 11) is 2.09. The topological polar surface area (TPSA) is 80.9 Å². The van der Waals surface area contributed by atoms with Gasteiger partial charge >= 0.3 is 5.69 Å². The van der Waals surface area contributed by atoms with E-state index in [0.717, 1.165) is 36.1 Å². The van der Waals surface area contributed by atoms with Crippen LogP contribution in [0.3, 0.4) is 0 Å². The molecule has 134 valence electrons. The van der Waals surface area contributed by atoms with E-state index in [9.17, 15) is 4.79 Å². The van der Waals surface area contributed by atoms with E-state index in [4.69, 9.17) is 4.98 Å². The van der Waals surface area contributed by atoms with Gasteiger partial charge in [-0.25, -0.2) is 14.9 Å². The van der Waals surface area contributed by atoms with Crippen LogP contribution in [-0.4, -0.2) is 51.2 Å². The number of allylic oxidation sites excluding steroid dienone is 1. The predicted octanol–water partition coefficient (Wildman–Crippen LogP) is 2.36. The Morgan fingerprint density at radius 2 is 2.19 bits per heavy atom. The molecule has 26 heavy (non-hydrogen) atoms. The zero-order chi connectivity index (χ0) is 18.1. The number of likely N-dealkylation sites (tertiary alicyclic amines) is 1. The van der Waals surface area contributed by atoms with Gasteiger partial charge in [-0.15, -0.1) is 0 Å². The van der Waals surface area contributed by atoms with Gasteiger partial charge in [0.05, 0.1) is 0 Å². The van der Waals surface area contributed by atoms with E-state index in [1.54, 1.807) is 0 Å². The first-order valence-corrected chi connectivity index (χ1v) is 8.80. The highest BCUT2D eigenvalue weighted by Gasteiger charge is 2.26. The molecule has 0 spiro atoms. The van der Waals surface area contributed by atoms with Crippen LogP contribution in [0.1, 0.15) is 13.3 Å². The second kappa shape index (κ2) is 6.67. The number of aromatic amines is 2. The second-order valence-corrected chi connectivity index (χ2v) is 6.61. The van der Waals surface area contributed by atoms with Crippen LogP contribution < -0.4 is 10.6 Å². The van der Waals surface area contributed by atoms with Gasteiger partial charge in [0.25, 0.3) is 0 Å². The zero-order valence-corrected chi connectivity index (χ0v) is 14.9. The number of aromatic nitrogens is 4. The summed E-state index contributed by atoms with van der Waals surface area (Å²) in [6.45, 7) is 4.06. The number of fused-ring (bicyclic) bond motifs is 1. The van der Waals surface area contributed by atoms with E-state index in [2.05, 4.69) is 56.4 Å². The molecule has 0 amide bonds. The van der Waals surface area contributed by atoms with Gasteiger partial charge in [-0.3, -0.25) is 4.98 Å². The molecule has 7 nitrogen and oxygen atoms in total. The number of anilines is 1. The Bertz CT molecular complexity index is 1000. The number of likely N-dealkylation sites (N-methyl/N-ethyl adjacent to an activating group) is 1. The van der Waals surface area contributed by atoms with Gasteiger partial charge in [0, 0.05) is 31.6 Å². The highest BCUT2D eigenvalue weighted by atomic mass is 16.1. The average Bonchev–Trinajstić information content (AvgIpc) is 3.30. The van der Waals surface area contributed by atoms with Crippen molar-refractivity contribution >= 4 is 16.6 Å². The van der Waals surface area contributed by atoms with Crippen molar-refractivity contribution in [1.29, 1.82) is 0 Å². The first-order chi connectivity index (χ1) is 12.7. The number of pyridine rings is 1. The van der Waals surface area contributed by atoms with Crippen molar-refractivity contribution in [2.24, 2.45) is 0 Å². The van der Waals surface area contributed by atoms with Crippen molar-refractivity contribution in [1.82, 2.24) is 25.1 Å². The zero-order valence-electron chi connectivity index (χ0n) is 14.9. The molecule has 3 aromatic rings. The number of nitrogens with one attached hydrogen (secondary N) is 2. The maximum Gasteiger partial charge on any atom is 0.340 e. The molecule has 4 rings (SSSR count). The molecule has 0 unspecified atom stereocenters. The van der Waals surface area contributed by atoms with Gasteiger partial charge in [0.2, 0.25) is 0 Å². The minimum absolute atomic E-state index is 0.331. The van der Waals surface area contributed by atoms with Crippen molar-refractivity contribution in [2.45, 2.75) is 19.4 Å². The van der Waals surface area contributed by atoms with Crippen molar-refractivity contribution in [3.8, 4) is 11.5 Å². The number of rotatable bonds is 4. The summed E-state index contributed by atoms with van der Waals surface area (Å²) >= 11 is 0. The Morgan fingerprint density at radius 3 is 2.96 bits per heavy atom. The molecular formula is C19H22N6O. The molecule has 2 N–H and O–H groups in total. The standard InChI is InChI=1S/C19H22N6O/c1-3-9-25-10-8-14(12-25)24(2)18-15-7-5-4-6-13(15)11-16(20-18)17-21-19(26)23-22-17/h3-7,9,11,14H,8,10,12H2,1-2H3,(H2,21,22,23,26)/t14-/m0/s1. The third-order valence-electron chi connectivity index (χ3n) is 4.90. The summed E-state index contributed by atoms with van der Waals surface area (Å²) in [5.74, 6) is 1.37. The monoisotopic (exact) mass is 350 g/mol. The predicted molar refractivity (Wildman–Crippen MR) is 103 cm³/mol. The lowest BCUT2D eigenvalue weighted by atomic mass is 10.1. The number of hydrogen-bond donors (Lipinski definition) is 2. The Labute approximate surface area is 151 Å². The van der Waals surface area contributed by atoms with E-state index in [1.807, 2.05) is 25.1 Å². The van der Waals surface area contributed by atoms with E-state index >= 15 is 0 Å². The first kappa shape index (κ1) is 16.4. The van der Waals surface area contributed by atoms with E-state index in [1.165, 1.54) is 0 Å². The fourth-order valence-corrected chi connectivity index (χ4v) is 3.57. The Hall–Kier alpha value is -3.09. The fourth-order valence-electron chi connectivity index (χ4n) is 3.57. The molecule has 1 aliphatic heterocycles. The first-order valence-electron chi connectivity index (χ1n) is 8.80. The van der Waals surface area contributed by atoms with Gasteiger partial charge in [0.15, 0.2) is 5.82 Å². The minimum atomic E-state index is -0.331. The summed E-state index contributed by atoms with van der Waals surface area (Å²) in [5, 5.41) is 8.62. The molecule has 2 aromatic heterocycles. The molecule has 1 atom stereocenters. The Balaban J connectivity index is 1.77. The molecule has 0 saturated carbocycles. The Kier molecular flexibility index (Phi) is 4.20. The lowest BCUT2D eigenvalue weighted by Crippen LogP contribution is -2.34. The van der Waals surface area contributed by atoms with Crippen LogP contribution >= 0.6 is 0 Å². The van der Waals surface area contributed by atoms with Crippen molar-refractivity contribution < 1.29 is 0 Å². The van der Waals surface area contributed by atoms with Gasteiger partial charge in [-0.05, 0) is 31.0 Å². The largest absolute Gasteiger partial charge is 0.376 e. The SMILES string of the molecule is CC=CN1CC[C@H](N(C)c2nc(-c3n[nH]c(=O)[nH]3)cc3ccccc23)C1. The average molecular weight is 350 g/mol. The summed E-state index contributed by atoms with van der Waals surface area (Å²) in [6, 6.07) is 10.5. The Morgan fingerprint density at radius 1 is 1.35 bits per heavy atom. The molecular weight excluding hydrogens is 328 g/mol. The third-order valence-corrected chi connectivity index (χ3v) is 4.90. The quantitative estimate of drug-likeness (QED) is 0.755. The number of nitrogens with zero attached hydrogens (tertiary/aromatic N) is 4. The molecule has 1 aromatic carbocycles. The molecule has 1 aliphatic rings. The molecule has 0 radical (unpaired) electrons. The van der Waals surface area contributed by atoms with Crippen LogP contribution in [0.15, 0.2) is 47.4 Å². The van der Waals surface area contributed by atoms with Crippen LogP contribution in [-0.2, 0) is 0 Å². The maximum absolute atomic E-state index is 11.4. The fraction of sp³-hybridized carbons (Fsp3) is 0.316. The summed E-state index contributed by atoms with van der Waals surface area (Å²) in [5.41, 5.74) is 0.329. The van der Waals surface area contributed by atoms with Crippen molar-refractivity contribution in [2.75, 3.05) is 25.0 Å². The smallest absolute Gasteiger partial charge is 0.340 e. The van der Waals surface area contributed by atoms with E-state index in [0.29, 0.717) is 17.6 Å². The molecule has 0 bridgehead atoms. The van der Waals surface area contributed by atoms with Crippen LogP contribution in [0.25, 0.3) is 22.3 Å². The van der Waals surface area contributed by atoms with Crippen LogP contribution in [0.2, 0.25) is 0 Å². The number of benzene rings is 1. The highest BCUT2D eigenvalue weighted by molar-refractivity contribution is 5.94. The molecule has 1 fully saturated rings. The maximum atomic E-state index is 11.4. The summed E-state index contributed by atoms with van der Waals surface area (Å²) in [4.78, 5) is 23.5. The highest BCUT2D eigenvalue weighted by Crippen LogP contribution is 2.30. The van der Waals surface area contributed by atoms with Crippen LogP contribution in [0, 0.1) is 0 Å². The molecule has 1 saturated heterocycles. The normalized spacial score (nSPS) is 17.5. The third kappa shape index (κ3) is 2.96. The van der Waals surface area contributed by atoms with Gasteiger partial charge in [-0.2, -0.15) is 5.10 Å². The summed E-state index contributed by atoms with van der Waals surface area (Å²) < 4.78 is 0. The van der Waals surface area contributed by atoms with Crippen LogP contribution in [0.5, 0.6) is 0 Å². The minimum Gasteiger partial charge on any atom is -0.376 e. The molecule has 0 aliphatic carbocycles. The second-order valence-electron chi connectivity index (χ2n) is 6.61. The van der Waals surface area contributed by atoms with Gasteiger partial charge in [-0.1, -0.05) is 30.3 Å². The van der Waals surface area contributed by atoms with Crippen molar-refractivity contribution in [3.63, 3.8) is 0 Å².